The van der Waals surface area contributed by atoms with Crippen LogP contribution in [-0.4, -0.2) is 12.1 Å². The summed E-state index contributed by atoms with van der Waals surface area (Å²) in [4.78, 5) is 0. The van der Waals surface area contributed by atoms with Crippen molar-refractivity contribution >= 4 is 0 Å². The lowest BCUT2D eigenvalue weighted by Gasteiger charge is -2.43. The third kappa shape index (κ3) is 3.87. The molecule has 1 aliphatic carbocycles. The Morgan fingerprint density at radius 1 is 1.00 bits per heavy atom. The molecule has 1 fully saturated rings. The molecule has 2 N–H and O–H groups in total. The molecule has 1 aromatic rings. The average Bonchev–Trinajstić information content (AvgIpc) is 2.40. The second-order valence-electron chi connectivity index (χ2n) is 7.72. The van der Waals surface area contributed by atoms with Crippen molar-refractivity contribution < 1.29 is 4.74 Å². The van der Waals surface area contributed by atoms with Gasteiger partial charge in [-0.2, -0.15) is 0 Å². The van der Waals surface area contributed by atoms with Crippen molar-refractivity contribution in [3.8, 4) is 0 Å². The highest BCUT2D eigenvalue weighted by Crippen LogP contribution is 2.42. The van der Waals surface area contributed by atoms with Gasteiger partial charge in [0.25, 0.3) is 0 Å². The molecule has 0 bridgehead atoms. The van der Waals surface area contributed by atoms with Crippen LogP contribution in [0.2, 0.25) is 0 Å². The maximum atomic E-state index is 6.38. The van der Waals surface area contributed by atoms with Gasteiger partial charge in [0.15, 0.2) is 0 Å². The summed E-state index contributed by atoms with van der Waals surface area (Å²) in [6.07, 6.45) is 4.58. The monoisotopic (exact) mass is 289 g/mol. The smallest absolute Gasteiger partial charge is 0.0809 e. The SMILES string of the molecule is Cc1cc(C)c(COC2(CN)CCC(C)(C)CC2)c(C)c1. The van der Waals surface area contributed by atoms with Gasteiger partial charge >= 0.3 is 0 Å². The fraction of sp³-hybridized carbons (Fsp3) is 0.684. The zero-order valence-electron chi connectivity index (χ0n) is 14.4. The predicted octanol–water partition coefficient (Wildman–Crippen LogP) is 4.43. The zero-order chi connectivity index (χ0) is 15.7. The Labute approximate surface area is 130 Å². The third-order valence-corrected chi connectivity index (χ3v) is 5.25. The molecule has 21 heavy (non-hydrogen) atoms. The van der Waals surface area contributed by atoms with Gasteiger partial charge in [-0.25, -0.2) is 0 Å². The summed E-state index contributed by atoms with van der Waals surface area (Å²) in [5.74, 6) is 0. The van der Waals surface area contributed by atoms with Gasteiger partial charge in [-0.3, -0.25) is 0 Å². The minimum atomic E-state index is -0.112. The molecule has 118 valence electrons. The number of ether oxygens (including phenoxy) is 1. The van der Waals surface area contributed by atoms with E-state index < -0.39 is 0 Å². The van der Waals surface area contributed by atoms with Crippen LogP contribution in [0.15, 0.2) is 12.1 Å². The van der Waals surface area contributed by atoms with E-state index in [-0.39, 0.29) is 5.60 Å². The van der Waals surface area contributed by atoms with Crippen LogP contribution in [0.4, 0.5) is 0 Å². The molecular formula is C19H31NO. The fourth-order valence-electron chi connectivity index (χ4n) is 3.45. The molecule has 1 aromatic carbocycles. The first kappa shape index (κ1) is 16.5. The summed E-state index contributed by atoms with van der Waals surface area (Å²) in [6.45, 7) is 12.5. The Bertz CT molecular complexity index is 471. The van der Waals surface area contributed by atoms with Crippen LogP contribution < -0.4 is 5.73 Å². The van der Waals surface area contributed by atoms with Crippen molar-refractivity contribution in [2.45, 2.75) is 72.5 Å². The molecular weight excluding hydrogens is 258 g/mol. The number of nitrogens with two attached hydrogens (primary N) is 1. The first-order valence-corrected chi connectivity index (χ1v) is 8.18. The number of hydrogen-bond donors (Lipinski definition) is 1. The zero-order valence-corrected chi connectivity index (χ0v) is 14.4. The van der Waals surface area contributed by atoms with Crippen molar-refractivity contribution in [3.63, 3.8) is 0 Å². The van der Waals surface area contributed by atoms with Gasteiger partial charge in [-0.15, -0.1) is 0 Å². The topological polar surface area (TPSA) is 35.2 Å². The van der Waals surface area contributed by atoms with Gasteiger partial charge < -0.3 is 10.5 Å². The molecule has 0 aliphatic heterocycles. The molecule has 0 unspecified atom stereocenters. The molecule has 0 amide bonds. The van der Waals surface area contributed by atoms with E-state index in [9.17, 15) is 0 Å². The Balaban J connectivity index is 2.08. The van der Waals surface area contributed by atoms with E-state index in [0.29, 0.717) is 18.6 Å². The summed E-state index contributed by atoms with van der Waals surface area (Å²) in [5.41, 5.74) is 11.7. The van der Waals surface area contributed by atoms with Crippen molar-refractivity contribution in [1.82, 2.24) is 0 Å². The maximum absolute atomic E-state index is 6.38. The molecule has 1 saturated carbocycles. The van der Waals surface area contributed by atoms with E-state index in [1.54, 1.807) is 0 Å². The highest BCUT2D eigenvalue weighted by atomic mass is 16.5. The first-order valence-electron chi connectivity index (χ1n) is 8.18. The quantitative estimate of drug-likeness (QED) is 0.890. The predicted molar refractivity (Wildman–Crippen MR) is 89.5 cm³/mol. The summed E-state index contributed by atoms with van der Waals surface area (Å²) < 4.78 is 6.38. The summed E-state index contributed by atoms with van der Waals surface area (Å²) >= 11 is 0. The van der Waals surface area contributed by atoms with Gasteiger partial charge in [0.05, 0.1) is 12.2 Å². The van der Waals surface area contributed by atoms with Gasteiger partial charge in [0, 0.05) is 6.54 Å². The number of aryl methyl sites for hydroxylation is 3. The molecule has 2 heteroatoms. The van der Waals surface area contributed by atoms with Gasteiger partial charge in [0.1, 0.15) is 0 Å². The summed E-state index contributed by atoms with van der Waals surface area (Å²) in [5, 5.41) is 0. The highest BCUT2D eigenvalue weighted by molar-refractivity contribution is 5.37. The average molecular weight is 289 g/mol. The Kier molecular flexibility index (Phi) is 4.79. The minimum Gasteiger partial charge on any atom is -0.369 e. The maximum Gasteiger partial charge on any atom is 0.0809 e. The van der Waals surface area contributed by atoms with Gasteiger partial charge in [-0.1, -0.05) is 31.5 Å². The van der Waals surface area contributed by atoms with E-state index in [1.165, 1.54) is 35.1 Å². The van der Waals surface area contributed by atoms with Crippen LogP contribution in [0.3, 0.4) is 0 Å². The van der Waals surface area contributed by atoms with Crippen molar-refractivity contribution in [3.05, 3.63) is 34.4 Å². The lowest BCUT2D eigenvalue weighted by atomic mass is 9.71. The van der Waals surface area contributed by atoms with E-state index >= 15 is 0 Å². The molecule has 0 heterocycles. The number of benzene rings is 1. The van der Waals surface area contributed by atoms with Crippen molar-refractivity contribution in [2.75, 3.05) is 6.54 Å². The van der Waals surface area contributed by atoms with Crippen molar-refractivity contribution in [2.24, 2.45) is 11.1 Å². The van der Waals surface area contributed by atoms with Crippen LogP contribution in [-0.2, 0) is 11.3 Å². The Morgan fingerprint density at radius 3 is 2.00 bits per heavy atom. The molecule has 0 atom stereocenters. The summed E-state index contributed by atoms with van der Waals surface area (Å²) in [7, 11) is 0. The normalized spacial score (nSPS) is 20.5. The van der Waals surface area contributed by atoms with Gasteiger partial charge in [0.2, 0.25) is 0 Å². The summed E-state index contributed by atoms with van der Waals surface area (Å²) in [6, 6.07) is 4.48. The molecule has 2 nitrogen and oxygen atoms in total. The highest BCUT2D eigenvalue weighted by Gasteiger charge is 2.38. The second-order valence-corrected chi connectivity index (χ2v) is 7.72. The minimum absolute atomic E-state index is 0.112. The third-order valence-electron chi connectivity index (χ3n) is 5.25. The largest absolute Gasteiger partial charge is 0.369 e. The Hall–Kier alpha value is -0.860. The second kappa shape index (κ2) is 6.10. The Morgan fingerprint density at radius 2 is 1.52 bits per heavy atom. The molecule has 0 aromatic heterocycles. The van der Waals surface area contributed by atoms with E-state index in [4.69, 9.17) is 10.5 Å². The first-order chi connectivity index (χ1) is 9.77. The van der Waals surface area contributed by atoms with Crippen molar-refractivity contribution in [1.29, 1.82) is 0 Å². The number of rotatable bonds is 4. The molecule has 2 rings (SSSR count). The standard InChI is InChI=1S/C19H31NO/c1-14-10-15(2)17(16(3)11-14)12-21-19(13-20)8-6-18(4,5)7-9-19/h10-11H,6-9,12-13,20H2,1-5H3. The molecule has 0 spiro atoms. The van der Waals surface area contributed by atoms with Gasteiger partial charge in [-0.05, 0) is 68.6 Å². The van der Waals surface area contributed by atoms with Crippen LogP contribution >= 0.6 is 0 Å². The van der Waals surface area contributed by atoms with Crippen LogP contribution in [0.25, 0.3) is 0 Å². The van der Waals surface area contributed by atoms with E-state index in [1.807, 2.05) is 0 Å². The fourth-order valence-corrected chi connectivity index (χ4v) is 3.45. The molecule has 1 aliphatic rings. The van der Waals surface area contributed by atoms with Crippen LogP contribution in [0.5, 0.6) is 0 Å². The van der Waals surface area contributed by atoms with E-state index in [2.05, 4.69) is 46.8 Å². The number of hydrogen-bond acceptors (Lipinski definition) is 2. The van der Waals surface area contributed by atoms with Crippen LogP contribution in [0, 0.1) is 26.2 Å². The van der Waals surface area contributed by atoms with Crippen LogP contribution in [0.1, 0.15) is 61.8 Å². The molecule has 0 radical (unpaired) electrons. The molecule has 0 saturated heterocycles. The lowest BCUT2D eigenvalue weighted by molar-refractivity contribution is -0.0906. The van der Waals surface area contributed by atoms with E-state index in [0.717, 1.165) is 12.8 Å². The lowest BCUT2D eigenvalue weighted by Crippen LogP contribution is -2.45.